The van der Waals surface area contributed by atoms with Gasteiger partial charge in [0.05, 0.1) is 23.4 Å². The molecule has 1 aliphatic heterocycles. The van der Waals surface area contributed by atoms with Crippen molar-refractivity contribution in [2.24, 2.45) is 0 Å². The Hall–Kier alpha value is -3.43. The molecule has 4 aromatic rings. The highest BCUT2D eigenvalue weighted by Crippen LogP contribution is 2.34. The van der Waals surface area contributed by atoms with Gasteiger partial charge in [-0.2, -0.15) is 13.2 Å². The third-order valence-electron chi connectivity index (χ3n) is 5.31. The molecule has 7 nitrogen and oxygen atoms in total. The van der Waals surface area contributed by atoms with E-state index in [4.69, 9.17) is 4.74 Å². The molecule has 3 aromatic heterocycles. The summed E-state index contributed by atoms with van der Waals surface area (Å²) in [5.74, 6) is 1.13. The van der Waals surface area contributed by atoms with E-state index in [1.54, 1.807) is 12.4 Å². The van der Waals surface area contributed by atoms with Gasteiger partial charge in [-0.1, -0.05) is 0 Å². The fraction of sp³-hybridized carbons (Fsp3) is 0.300. The van der Waals surface area contributed by atoms with E-state index < -0.39 is 11.7 Å². The maximum absolute atomic E-state index is 13.1. The van der Waals surface area contributed by atoms with Crippen LogP contribution in [0, 0.1) is 0 Å². The molecule has 154 valence electrons. The third-order valence-corrected chi connectivity index (χ3v) is 5.31. The molecule has 1 saturated heterocycles. The fourth-order valence-electron chi connectivity index (χ4n) is 3.87. The van der Waals surface area contributed by atoms with Gasteiger partial charge in [0.2, 0.25) is 0 Å². The van der Waals surface area contributed by atoms with Crippen LogP contribution in [-0.4, -0.2) is 44.1 Å². The molecule has 1 atom stereocenters. The maximum atomic E-state index is 13.1. The molecule has 4 heterocycles. The van der Waals surface area contributed by atoms with Gasteiger partial charge in [0.25, 0.3) is 0 Å². The first kappa shape index (κ1) is 18.6. The number of aromatic nitrogens is 5. The van der Waals surface area contributed by atoms with Crippen LogP contribution in [-0.2, 0) is 6.18 Å². The topological polar surface area (TPSA) is 79.8 Å². The molecule has 30 heavy (non-hydrogen) atoms. The van der Waals surface area contributed by atoms with E-state index in [0.29, 0.717) is 28.9 Å². The number of imidazole rings is 1. The average molecular weight is 414 g/mol. The molecular weight excluding hydrogens is 397 g/mol. The van der Waals surface area contributed by atoms with Gasteiger partial charge in [-0.15, -0.1) is 0 Å². The van der Waals surface area contributed by atoms with E-state index in [1.165, 1.54) is 18.6 Å². The summed E-state index contributed by atoms with van der Waals surface area (Å²) in [7, 11) is 0. The summed E-state index contributed by atoms with van der Waals surface area (Å²) in [5, 5.41) is 0.342. The molecule has 1 aromatic carbocycles. The Morgan fingerprint density at radius 1 is 1.13 bits per heavy atom. The lowest BCUT2D eigenvalue weighted by Gasteiger charge is -2.26. The van der Waals surface area contributed by atoms with Gasteiger partial charge in [-0.3, -0.25) is 4.98 Å². The predicted molar refractivity (Wildman–Crippen MR) is 104 cm³/mol. The minimum atomic E-state index is -4.42. The molecule has 10 heteroatoms. The number of rotatable bonds is 4. The molecule has 1 N–H and O–H groups in total. The summed E-state index contributed by atoms with van der Waals surface area (Å²) < 4.78 is 45.4. The Labute approximate surface area is 168 Å². The molecule has 0 bridgehead atoms. The summed E-state index contributed by atoms with van der Waals surface area (Å²) in [6.45, 7) is 1.11. The Morgan fingerprint density at radius 3 is 2.90 bits per heavy atom. The zero-order valence-corrected chi connectivity index (χ0v) is 15.7. The van der Waals surface area contributed by atoms with Crippen LogP contribution in [0.4, 0.5) is 19.0 Å². The van der Waals surface area contributed by atoms with E-state index in [2.05, 4.69) is 29.8 Å². The van der Waals surface area contributed by atoms with Crippen LogP contribution in [0.25, 0.3) is 22.1 Å². The predicted octanol–water partition coefficient (Wildman–Crippen LogP) is 3.97. The molecule has 0 unspecified atom stereocenters. The number of fused-ring (bicyclic) bond motifs is 2. The number of benzene rings is 1. The Balaban J connectivity index is 1.41. The van der Waals surface area contributed by atoms with Crippen LogP contribution in [0.1, 0.15) is 18.4 Å². The highest BCUT2D eigenvalue weighted by atomic mass is 19.4. The van der Waals surface area contributed by atoms with Crippen molar-refractivity contribution in [1.82, 2.24) is 24.9 Å². The number of aromatic amines is 1. The molecule has 0 aliphatic carbocycles. The number of H-pyrrole nitrogens is 1. The van der Waals surface area contributed by atoms with Gasteiger partial charge in [-0.25, -0.2) is 15.0 Å². The first-order valence-electron chi connectivity index (χ1n) is 9.50. The Bertz CT molecular complexity index is 1210. The number of halogens is 3. The number of hydrogen-bond donors (Lipinski definition) is 1. The normalized spacial score (nSPS) is 17.2. The van der Waals surface area contributed by atoms with Crippen LogP contribution in [0.15, 0.2) is 43.1 Å². The second-order valence-corrected chi connectivity index (χ2v) is 7.14. The highest BCUT2D eigenvalue weighted by Gasteiger charge is 2.31. The molecule has 0 radical (unpaired) electrons. The Morgan fingerprint density at radius 2 is 2.03 bits per heavy atom. The van der Waals surface area contributed by atoms with Crippen molar-refractivity contribution in [2.75, 3.05) is 18.1 Å². The SMILES string of the molecule is FC(F)(F)c1ccc2nccc(OC[C@H]3CCCN3c3ncnc4nc[nH]c34)c2c1. The second kappa shape index (κ2) is 7.12. The van der Waals surface area contributed by atoms with Crippen molar-refractivity contribution < 1.29 is 17.9 Å². The maximum Gasteiger partial charge on any atom is 0.416 e. The largest absolute Gasteiger partial charge is 0.491 e. The minimum absolute atomic E-state index is 0.0282. The number of nitrogens with zero attached hydrogens (tertiary/aromatic N) is 5. The lowest BCUT2D eigenvalue weighted by Crippen LogP contribution is -2.35. The lowest BCUT2D eigenvalue weighted by molar-refractivity contribution is -0.137. The summed E-state index contributed by atoms with van der Waals surface area (Å²) in [6, 6.07) is 5.11. The van der Waals surface area contributed by atoms with Gasteiger partial charge in [-0.05, 0) is 37.1 Å². The summed E-state index contributed by atoms with van der Waals surface area (Å²) in [5.41, 5.74) is 1.08. The first-order chi connectivity index (χ1) is 14.5. The van der Waals surface area contributed by atoms with Gasteiger partial charge in [0.1, 0.15) is 24.2 Å². The van der Waals surface area contributed by atoms with Crippen LogP contribution in [0.5, 0.6) is 5.75 Å². The monoisotopic (exact) mass is 414 g/mol. The summed E-state index contributed by atoms with van der Waals surface area (Å²) >= 11 is 0. The van der Waals surface area contributed by atoms with Crippen molar-refractivity contribution in [3.8, 4) is 5.75 Å². The van der Waals surface area contributed by atoms with E-state index in [1.807, 2.05) is 0 Å². The quantitative estimate of drug-likeness (QED) is 0.544. The minimum Gasteiger partial charge on any atom is -0.491 e. The third kappa shape index (κ3) is 3.27. The lowest BCUT2D eigenvalue weighted by atomic mass is 10.1. The van der Waals surface area contributed by atoms with Gasteiger partial charge < -0.3 is 14.6 Å². The number of ether oxygens (including phenoxy) is 1. The molecular formula is C20H17F3N6O. The smallest absolute Gasteiger partial charge is 0.416 e. The van der Waals surface area contributed by atoms with Crippen LogP contribution in [0.3, 0.4) is 0 Å². The van der Waals surface area contributed by atoms with Crippen molar-refractivity contribution >= 4 is 27.9 Å². The number of nitrogens with one attached hydrogen (secondary N) is 1. The average Bonchev–Trinajstić information content (AvgIpc) is 3.40. The van der Waals surface area contributed by atoms with E-state index in [-0.39, 0.29) is 6.04 Å². The number of hydrogen-bond acceptors (Lipinski definition) is 6. The van der Waals surface area contributed by atoms with Crippen molar-refractivity contribution in [3.05, 3.63) is 48.7 Å². The fourth-order valence-corrected chi connectivity index (χ4v) is 3.87. The van der Waals surface area contributed by atoms with Gasteiger partial charge in [0.15, 0.2) is 11.5 Å². The van der Waals surface area contributed by atoms with Crippen LogP contribution in [0.2, 0.25) is 0 Å². The van der Waals surface area contributed by atoms with Crippen molar-refractivity contribution in [1.29, 1.82) is 0 Å². The molecule has 0 amide bonds. The zero-order chi connectivity index (χ0) is 20.7. The second-order valence-electron chi connectivity index (χ2n) is 7.14. The van der Waals surface area contributed by atoms with Crippen molar-refractivity contribution in [2.45, 2.75) is 25.1 Å². The molecule has 5 rings (SSSR count). The van der Waals surface area contributed by atoms with E-state index in [0.717, 1.165) is 42.9 Å². The first-order valence-corrected chi connectivity index (χ1v) is 9.50. The van der Waals surface area contributed by atoms with E-state index in [9.17, 15) is 13.2 Å². The molecule has 0 saturated carbocycles. The molecule has 0 spiro atoms. The van der Waals surface area contributed by atoms with Crippen LogP contribution < -0.4 is 9.64 Å². The van der Waals surface area contributed by atoms with Crippen molar-refractivity contribution in [3.63, 3.8) is 0 Å². The summed E-state index contributed by atoms with van der Waals surface area (Å²) in [6.07, 6.45) is 2.01. The zero-order valence-electron chi connectivity index (χ0n) is 15.7. The van der Waals surface area contributed by atoms with Gasteiger partial charge >= 0.3 is 6.18 Å². The summed E-state index contributed by atoms with van der Waals surface area (Å²) in [4.78, 5) is 22.1. The van der Waals surface area contributed by atoms with Gasteiger partial charge in [0, 0.05) is 18.1 Å². The number of pyridine rings is 1. The van der Waals surface area contributed by atoms with E-state index >= 15 is 0 Å². The number of alkyl halides is 3. The molecule has 1 fully saturated rings. The molecule has 1 aliphatic rings. The highest BCUT2D eigenvalue weighted by molar-refractivity contribution is 5.85. The Kier molecular flexibility index (Phi) is 4.41. The standard InChI is InChI=1S/C20H17F3N6O/c21-20(22,23)12-3-4-15-14(8-12)16(5-6-24-15)30-9-13-2-1-7-29(13)19-17-18(26-10-25-17)27-11-28-19/h3-6,8,10-11,13H,1-2,7,9H2,(H,25,26,27,28)/t13-/m1/s1. The number of anilines is 1. The van der Waals surface area contributed by atoms with Crippen LogP contribution >= 0.6 is 0 Å².